The second-order valence-corrected chi connectivity index (χ2v) is 5.22. The van der Waals surface area contributed by atoms with E-state index >= 15 is 0 Å². The first-order valence-electron chi connectivity index (χ1n) is 6.23. The molecule has 16 heavy (non-hydrogen) atoms. The largest absolute Gasteiger partial charge is 0.376 e. The molecule has 1 fully saturated rings. The molecule has 0 radical (unpaired) electrons. The lowest BCUT2D eigenvalue weighted by atomic mass is 9.93. The minimum Gasteiger partial charge on any atom is -0.376 e. The van der Waals surface area contributed by atoms with Crippen LogP contribution >= 0.6 is 0 Å². The average molecular weight is 217 g/mol. The Labute approximate surface area is 96.8 Å². The molecule has 1 aromatic rings. The van der Waals surface area contributed by atoms with Crippen molar-refractivity contribution in [3.8, 4) is 0 Å². The molecule has 0 saturated heterocycles. The van der Waals surface area contributed by atoms with Gasteiger partial charge in [0.25, 0.3) is 0 Å². The molecule has 1 aliphatic carbocycles. The molecule has 1 aromatic carbocycles. The monoisotopic (exact) mass is 217 g/mol. The lowest BCUT2D eigenvalue weighted by Crippen LogP contribution is -2.22. The lowest BCUT2D eigenvalue weighted by molar-refractivity contribution is 0.110. The fraction of sp³-hybridized carbons (Fsp3) is 0.571. The Morgan fingerprint density at radius 1 is 1.31 bits per heavy atom. The second kappa shape index (κ2) is 3.86. The van der Waals surface area contributed by atoms with Crippen molar-refractivity contribution < 1.29 is 4.74 Å². The molecule has 0 amide bonds. The van der Waals surface area contributed by atoms with Gasteiger partial charge in [-0.1, -0.05) is 18.2 Å². The van der Waals surface area contributed by atoms with Crippen LogP contribution in [0.25, 0.3) is 0 Å². The molecule has 1 aliphatic heterocycles. The van der Waals surface area contributed by atoms with Gasteiger partial charge in [0, 0.05) is 5.54 Å². The Kier molecular flexibility index (Phi) is 2.49. The topological polar surface area (TPSA) is 35.2 Å². The minimum absolute atomic E-state index is 0.174. The third kappa shape index (κ3) is 2.00. The van der Waals surface area contributed by atoms with Crippen molar-refractivity contribution in [2.75, 3.05) is 6.61 Å². The fourth-order valence-electron chi connectivity index (χ4n) is 2.53. The van der Waals surface area contributed by atoms with Crippen molar-refractivity contribution in [3.63, 3.8) is 0 Å². The summed E-state index contributed by atoms with van der Waals surface area (Å²) in [4.78, 5) is 0. The number of hydrogen-bond acceptors (Lipinski definition) is 2. The second-order valence-electron chi connectivity index (χ2n) is 5.22. The first kappa shape index (κ1) is 10.3. The van der Waals surface area contributed by atoms with Gasteiger partial charge in [0.1, 0.15) is 0 Å². The number of rotatable bonds is 3. The van der Waals surface area contributed by atoms with E-state index in [0.717, 1.165) is 32.5 Å². The van der Waals surface area contributed by atoms with E-state index in [1.54, 1.807) is 0 Å². The zero-order valence-electron chi connectivity index (χ0n) is 9.67. The smallest absolute Gasteiger partial charge is 0.0719 e. The summed E-state index contributed by atoms with van der Waals surface area (Å²) in [7, 11) is 0. The van der Waals surface area contributed by atoms with Gasteiger partial charge in [-0.15, -0.1) is 0 Å². The molecule has 86 valence electrons. The van der Waals surface area contributed by atoms with Crippen molar-refractivity contribution in [3.05, 3.63) is 34.9 Å². The Balaban J connectivity index is 1.78. The summed E-state index contributed by atoms with van der Waals surface area (Å²) in [5.74, 6) is 0. The van der Waals surface area contributed by atoms with Crippen molar-refractivity contribution in [1.29, 1.82) is 0 Å². The summed E-state index contributed by atoms with van der Waals surface area (Å²) in [6.07, 6.45) is 5.78. The highest BCUT2D eigenvalue weighted by molar-refractivity contribution is 5.36. The van der Waals surface area contributed by atoms with Gasteiger partial charge in [-0.05, 0) is 48.8 Å². The summed E-state index contributed by atoms with van der Waals surface area (Å²) >= 11 is 0. The summed E-state index contributed by atoms with van der Waals surface area (Å²) in [5, 5.41) is 0. The summed E-state index contributed by atoms with van der Waals surface area (Å²) in [5.41, 5.74) is 10.7. The number of fused-ring (bicyclic) bond motifs is 1. The molecule has 2 aliphatic rings. The van der Waals surface area contributed by atoms with Gasteiger partial charge in [0.05, 0.1) is 13.2 Å². The van der Waals surface area contributed by atoms with Crippen LogP contribution in [0.2, 0.25) is 0 Å². The zero-order chi connectivity index (χ0) is 11.0. The van der Waals surface area contributed by atoms with E-state index in [1.165, 1.54) is 29.5 Å². The number of aryl methyl sites for hydroxylation is 1. The third-order valence-corrected chi connectivity index (χ3v) is 3.91. The van der Waals surface area contributed by atoms with Crippen LogP contribution in [0.4, 0.5) is 0 Å². The highest BCUT2D eigenvalue weighted by Crippen LogP contribution is 2.37. The molecule has 0 bridgehead atoms. The van der Waals surface area contributed by atoms with Crippen LogP contribution in [0.5, 0.6) is 0 Å². The van der Waals surface area contributed by atoms with Crippen LogP contribution < -0.4 is 5.73 Å². The van der Waals surface area contributed by atoms with Crippen molar-refractivity contribution in [1.82, 2.24) is 0 Å². The number of ether oxygens (including phenoxy) is 1. The Morgan fingerprint density at radius 2 is 2.19 bits per heavy atom. The van der Waals surface area contributed by atoms with Crippen molar-refractivity contribution in [2.45, 2.75) is 44.2 Å². The first-order chi connectivity index (χ1) is 7.77. The van der Waals surface area contributed by atoms with Crippen LogP contribution in [-0.4, -0.2) is 12.1 Å². The first-order valence-corrected chi connectivity index (χ1v) is 6.23. The molecule has 2 nitrogen and oxygen atoms in total. The van der Waals surface area contributed by atoms with Crippen molar-refractivity contribution >= 4 is 0 Å². The van der Waals surface area contributed by atoms with Crippen LogP contribution in [-0.2, 0) is 24.2 Å². The van der Waals surface area contributed by atoms with Gasteiger partial charge < -0.3 is 10.5 Å². The highest BCUT2D eigenvalue weighted by Gasteiger charge is 2.37. The Morgan fingerprint density at radius 3 is 3.00 bits per heavy atom. The van der Waals surface area contributed by atoms with Crippen LogP contribution in [0.1, 0.15) is 36.0 Å². The van der Waals surface area contributed by atoms with E-state index < -0.39 is 0 Å². The molecule has 1 heterocycles. The molecule has 0 aromatic heterocycles. The van der Waals surface area contributed by atoms with E-state index in [9.17, 15) is 0 Å². The summed E-state index contributed by atoms with van der Waals surface area (Å²) in [6.45, 7) is 1.66. The normalized spacial score (nSPS) is 21.6. The minimum atomic E-state index is 0.174. The molecular weight excluding hydrogens is 198 g/mol. The fourth-order valence-corrected chi connectivity index (χ4v) is 2.53. The van der Waals surface area contributed by atoms with Crippen LogP contribution in [0.3, 0.4) is 0 Å². The zero-order valence-corrected chi connectivity index (χ0v) is 9.67. The number of nitrogens with two attached hydrogens (primary N) is 1. The van der Waals surface area contributed by atoms with E-state index in [1.807, 2.05) is 0 Å². The van der Waals surface area contributed by atoms with Crippen molar-refractivity contribution in [2.24, 2.45) is 5.73 Å². The molecule has 2 N–H and O–H groups in total. The van der Waals surface area contributed by atoms with Gasteiger partial charge in [-0.2, -0.15) is 0 Å². The highest BCUT2D eigenvalue weighted by atomic mass is 16.5. The lowest BCUT2D eigenvalue weighted by Gasteiger charge is -2.20. The predicted molar refractivity (Wildman–Crippen MR) is 64.3 cm³/mol. The molecular formula is C14H19NO. The SMILES string of the molecule is NC1(CCc2cccc3c2CCOC3)CC1. The van der Waals surface area contributed by atoms with Crippen LogP contribution in [0.15, 0.2) is 18.2 Å². The van der Waals surface area contributed by atoms with E-state index in [-0.39, 0.29) is 5.54 Å². The van der Waals surface area contributed by atoms with Gasteiger partial charge in [-0.25, -0.2) is 0 Å². The molecule has 0 unspecified atom stereocenters. The van der Waals surface area contributed by atoms with Gasteiger partial charge >= 0.3 is 0 Å². The summed E-state index contributed by atoms with van der Waals surface area (Å²) < 4.78 is 5.48. The standard InChI is InChI=1S/C14H19NO/c15-14(7-8-14)6-4-11-2-1-3-12-10-16-9-5-13(11)12/h1-3H,4-10,15H2. The molecule has 0 spiro atoms. The maximum Gasteiger partial charge on any atom is 0.0719 e. The Hall–Kier alpha value is -0.860. The molecule has 1 saturated carbocycles. The van der Waals surface area contributed by atoms with Gasteiger partial charge in [0.2, 0.25) is 0 Å². The average Bonchev–Trinajstić information content (AvgIpc) is 3.05. The summed E-state index contributed by atoms with van der Waals surface area (Å²) in [6, 6.07) is 6.60. The number of benzene rings is 1. The predicted octanol–water partition coefficient (Wildman–Crippen LogP) is 2.18. The Bertz CT molecular complexity index is 396. The third-order valence-electron chi connectivity index (χ3n) is 3.91. The molecule has 0 atom stereocenters. The van der Waals surface area contributed by atoms with E-state index in [0.29, 0.717) is 0 Å². The quantitative estimate of drug-likeness (QED) is 0.842. The molecule has 2 heteroatoms. The maximum absolute atomic E-state index is 6.15. The van der Waals surface area contributed by atoms with E-state index in [2.05, 4.69) is 18.2 Å². The van der Waals surface area contributed by atoms with Gasteiger partial charge in [0.15, 0.2) is 0 Å². The van der Waals surface area contributed by atoms with E-state index in [4.69, 9.17) is 10.5 Å². The molecule has 3 rings (SSSR count). The van der Waals surface area contributed by atoms with Gasteiger partial charge in [-0.3, -0.25) is 0 Å². The van der Waals surface area contributed by atoms with Crippen LogP contribution in [0, 0.1) is 0 Å². The number of hydrogen-bond donors (Lipinski definition) is 1. The maximum atomic E-state index is 6.15.